The Morgan fingerprint density at radius 1 is 1.26 bits per heavy atom. The largest absolute Gasteiger partial charge is 0.476 e. The molecule has 3 aromatic rings. The summed E-state index contributed by atoms with van der Waals surface area (Å²) in [5.74, 6) is 1.28. The Kier molecular flexibility index (Phi) is 5.50. The summed E-state index contributed by atoms with van der Waals surface area (Å²) < 4.78 is 6.36. The fourth-order valence-electron chi connectivity index (χ4n) is 4.38. The molecule has 1 aromatic carbocycles. The molecule has 0 saturated carbocycles. The lowest BCUT2D eigenvalue weighted by molar-refractivity contribution is 0.0945. The van der Waals surface area contributed by atoms with Crippen molar-refractivity contribution in [3.8, 4) is 17.4 Å². The summed E-state index contributed by atoms with van der Waals surface area (Å²) in [5.41, 5.74) is 0.731. The number of H-pyrrole nitrogens is 1. The van der Waals surface area contributed by atoms with Crippen LogP contribution in [-0.2, 0) is 0 Å². The molecular formula is C24H26N6O. The third kappa shape index (κ3) is 3.96. The van der Waals surface area contributed by atoms with Gasteiger partial charge in [0.1, 0.15) is 24.8 Å². The minimum Gasteiger partial charge on any atom is -0.476 e. The summed E-state index contributed by atoms with van der Waals surface area (Å²) in [6, 6.07) is 10.5. The zero-order chi connectivity index (χ0) is 21.0. The van der Waals surface area contributed by atoms with E-state index >= 15 is 0 Å². The number of ether oxygens (including phenoxy) is 1. The third-order valence-electron chi connectivity index (χ3n) is 5.82. The molecule has 1 fully saturated rings. The molecule has 7 nitrogen and oxygen atoms in total. The summed E-state index contributed by atoms with van der Waals surface area (Å²) in [5, 5.41) is 8.93. The Balaban J connectivity index is 1.39. The molecule has 31 heavy (non-hydrogen) atoms. The number of hydrogen-bond acceptors (Lipinski definition) is 6. The minimum atomic E-state index is 0.211. The van der Waals surface area contributed by atoms with E-state index in [0.29, 0.717) is 24.4 Å². The molecule has 0 bridgehead atoms. The molecule has 0 spiro atoms. The van der Waals surface area contributed by atoms with E-state index in [1.807, 2.05) is 25.1 Å². The molecule has 0 amide bonds. The van der Waals surface area contributed by atoms with E-state index in [0.717, 1.165) is 35.9 Å². The maximum Gasteiger partial charge on any atom is 0.222 e. The van der Waals surface area contributed by atoms with Crippen molar-refractivity contribution in [2.45, 2.75) is 32.0 Å². The number of fused-ring (bicyclic) bond motifs is 1. The monoisotopic (exact) mass is 414 g/mol. The van der Waals surface area contributed by atoms with Crippen LogP contribution < -0.4 is 4.74 Å². The minimum absolute atomic E-state index is 0.211. The van der Waals surface area contributed by atoms with Crippen LogP contribution in [0.25, 0.3) is 22.3 Å². The molecular weight excluding hydrogens is 388 g/mol. The number of benzene rings is 1. The smallest absolute Gasteiger partial charge is 0.222 e. The van der Waals surface area contributed by atoms with Gasteiger partial charge >= 0.3 is 0 Å². The number of pyridine rings is 1. The Bertz CT molecular complexity index is 1120. The van der Waals surface area contributed by atoms with E-state index in [2.05, 4.69) is 73.8 Å². The Morgan fingerprint density at radius 3 is 3.06 bits per heavy atom. The highest BCUT2D eigenvalue weighted by atomic mass is 16.5. The zero-order valence-corrected chi connectivity index (χ0v) is 17.6. The van der Waals surface area contributed by atoms with Gasteiger partial charge in [0.25, 0.3) is 0 Å². The van der Waals surface area contributed by atoms with Gasteiger partial charge in [0, 0.05) is 30.4 Å². The fraction of sp³-hybridized carbons (Fsp3) is 0.292. The second kappa shape index (κ2) is 8.73. The van der Waals surface area contributed by atoms with E-state index in [-0.39, 0.29) is 6.17 Å². The van der Waals surface area contributed by atoms with Gasteiger partial charge in [0.2, 0.25) is 5.88 Å². The van der Waals surface area contributed by atoms with Gasteiger partial charge in [-0.25, -0.2) is 9.97 Å². The van der Waals surface area contributed by atoms with Crippen LogP contribution in [0.4, 0.5) is 0 Å². The standard InChI is InChI=1S/C24H26N6O/c1-2-12-29-13-6-5-11-22(29)30-14-7-9-19(30)16-31-24-20-10-4-3-8-18(20)15-21(27-24)23-25-17-26-28-23/h2-6,8,10-13,15,17,19,22H,7,9,14,16H2,1H3,(H,25,26,28)/t19-,22?/m1/s1. The molecule has 2 aromatic heterocycles. The van der Waals surface area contributed by atoms with Crippen LogP contribution in [0.15, 0.2) is 73.4 Å². The summed E-state index contributed by atoms with van der Waals surface area (Å²) in [6.45, 7) is 3.69. The topological polar surface area (TPSA) is 70.2 Å². The molecule has 1 saturated heterocycles. The molecule has 1 unspecified atom stereocenters. The molecule has 2 atom stereocenters. The maximum absolute atomic E-state index is 6.36. The number of nitrogens with one attached hydrogen (secondary N) is 1. The second-order valence-electron chi connectivity index (χ2n) is 7.78. The van der Waals surface area contributed by atoms with Crippen molar-refractivity contribution >= 4 is 10.8 Å². The van der Waals surface area contributed by atoms with Crippen LogP contribution in [0.2, 0.25) is 0 Å². The average molecular weight is 415 g/mol. The van der Waals surface area contributed by atoms with Gasteiger partial charge in [-0.05, 0) is 49.4 Å². The van der Waals surface area contributed by atoms with Gasteiger partial charge in [-0.3, -0.25) is 10.00 Å². The van der Waals surface area contributed by atoms with Gasteiger partial charge in [-0.15, -0.1) is 0 Å². The Labute approximate surface area is 181 Å². The van der Waals surface area contributed by atoms with Gasteiger partial charge in [-0.2, -0.15) is 5.10 Å². The molecule has 0 radical (unpaired) electrons. The molecule has 4 heterocycles. The number of likely N-dealkylation sites (tertiary alicyclic amines) is 1. The number of rotatable bonds is 6. The molecule has 2 aliphatic heterocycles. The van der Waals surface area contributed by atoms with Crippen LogP contribution in [0.1, 0.15) is 19.8 Å². The Hall–Kier alpha value is -3.45. The van der Waals surface area contributed by atoms with Gasteiger partial charge in [-0.1, -0.05) is 30.4 Å². The average Bonchev–Trinajstić information content (AvgIpc) is 3.50. The number of hydrogen-bond donors (Lipinski definition) is 1. The summed E-state index contributed by atoms with van der Waals surface area (Å²) in [4.78, 5) is 13.8. The third-order valence-corrected chi connectivity index (χ3v) is 5.82. The number of aromatic nitrogens is 4. The number of aromatic amines is 1. The Morgan fingerprint density at radius 2 is 2.19 bits per heavy atom. The van der Waals surface area contributed by atoms with Crippen molar-refractivity contribution in [2.75, 3.05) is 13.2 Å². The normalized spacial score (nSPS) is 21.5. The zero-order valence-electron chi connectivity index (χ0n) is 17.6. The van der Waals surface area contributed by atoms with Crippen molar-refractivity contribution in [3.63, 3.8) is 0 Å². The van der Waals surface area contributed by atoms with Gasteiger partial charge < -0.3 is 9.64 Å². The molecule has 158 valence electrons. The first-order valence-corrected chi connectivity index (χ1v) is 10.7. The van der Waals surface area contributed by atoms with Crippen molar-refractivity contribution < 1.29 is 4.74 Å². The molecule has 7 heteroatoms. The van der Waals surface area contributed by atoms with Crippen LogP contribution in [0, 0.1) is 0 Å². The van der Waals surface area contributed by atoms with Crippen LogP contribution in [0.5, 0.6) is 5.88 Å². The second-order valence-corrected chi connectivity index (χ2v) is 7.78. The molecule has 0 aliphatic carbocycles. The first-order valence-electron chi connectivity index (χ1n) is 10.7. The first-order chi connectivity index (χ1) is 15.3. The lowest BCUT2D eigenvalue weighted by Gasteiger charge is -2.38. The first kappa shape index (κ1) is 19.5. The van der Waals surface area contributed by atoms with E-state index in [4.69, 9.17) is 9.72 Å². The number of nitrogens with zero attached hydrogens (tertiary/aromatic N) is 5. The molecule has 1 N–H and O–H groups in total. The van der Waals surface area contributed by atoms with Crippen LogP contribution in [-0.4, -0.2) is 55.3 Å². The van der Waals surface area contributed by atoms with Gasteiger partial charge in [0.15, 0.2) is 5.82 Å². The predicted molar refractivity (Wildman–Crippen MR) is 121 cm³/mol. The highest BCUT2D eigenvalue weighted by molar-refractivity contribution is 5.89. The summed E-state index contributed by atoms with van der Waals surface area (Å²) >= 11 is 0. The van der Waals surface area contributed by atoms with E-state index in [9.17, 15) is 0 Å². The van der Waals surface area contributed by atoms with Crippen molar-refractivity contribution in [1.29, 1.82) is 0 Å². The van der Waals surface area contributed by atoms with Crippen molar-refractivity contribution in [1.82, 2.24) is 30.0 Å². The van der Waals surface area contributed by atoms with Gasteiger partial charge in [0.05, 0.1) is 0 Å². The SMILES string of the molecule is CC=CN1C=CC=CC1N1CCC[C@@H]1COc1nc(-c2ncn[nH]2)cc2ccccc12. The van der Waals surface area contributed by atoms with E-state index in [1.54, 1.807) is 0 Å². The van der Waals surface area contributed by atoms with Crippen LogP contribution >= 0.6 is 0 Å². The molecule has 5 rings (SSSR count). The fourth-order valence-corrected chi connectivity index (χ4v) is 4.38. The lowest BCUT2D eigenvalue weighted by Crippen LogP contribution is -2.47. The van der Waals surface area contributed by atoms with Crippen LogP contribution in [0.3, 0.4) is 0 Å². The van der Waals surface area contributed by atoms with Crippen molar-refractivity contribution in [3.05, 3.63) is 73.4 Å². The van der Waals surface area contributed by atoms with Crippen molar-refractivity contribution in [2.24, 2.45) is 0 Å². The van der Waals surface area contributed by atoms with E-state index in [1.165, 1.54) is 6.33 Å². The maximum atomic E-state index is 6.36. The predicted octanol–water partition coefficient (Wildman–Crippen LogP) is 4.11. The highest BCUT2D eigenvalue weighted by Gasteiger charge is 2.32. The lowest BCUT2D eigenvalue weighted by atomic mass is 10.1. The number of allylic oxidation sites excluding steroid dienone is 3. The summed E-state index contributed by atoms with van der Waals surface area (Å²) in [6.07, 6.45) is 16.7. The summed E-state index contributed by atoms with van der Waals surface area (Å²) in [7, 11) is 0. The quantitative estimate of drug-likeness (QED) is 0.655. The molecule has 2 aliphatic rings. The highest BCUT2D eigenvalue weighted by Crippen LogP contribution is 2.30. The van der Waals surface area contributed by atoms with E-state index < -0.39 is 0 Å².